The van der Waals surface area contributed by atoms with Gasteiger partial charge >= 0.3 is 0 Å². The van der Waals surface area contributed by atoms with Gasteiger partial charge in [0.25, 0.3) is 11.8 Å². The van der Waals surface area contributed by atoms with E-state index in [1.807, 2.05) is 12.1 Å². The zero-order chi connectivity index (χ0) is 25.8. The summed E-state index contributed by atoms with van der Waals surface area (Å²) in [5.41, 5.74) is 2.26. The summed E-state index contributed by atoms with van der Waals surface area (Å²) >= 11 is 0. The molecule has 37 heavy (non-hydrogen) atoms. The summed E-state index contributed by atoms with van der Waals surface area (Å²) in [5, 5.41) is 0. The Bertz CT molecular complexity index is 1170. The number of fused-ring (bicyclic) bond motifs is 4. The van der Waals surface area contributed by atoms with Crippen LogP contribution in [0.25, 0.3) is 0 Å². The molecule has 0 saturated carbocycles. The van der Waals surface area contributed by atoms with Gasteiger partial charge in [-0.05, 0) is 74.4 Å². The van der Waals surface area contributed by atoms with Crippen molar-refractivity contribution in [2.24, 2.45) is 0 Å². The van der Waals surface area contributed by atoms with E-state index < -0.39 is 0 Å². The lowest BCUT2D eigenvalue weighted by Crippen LogP contribution is -2.44. The molecular formula is C29H35N3O5. The van der Waals surface area contributed by atoms with Crippen LogP contribution in [0.15, 0.2) is 42.5 Å². The first-order chi connectivity index (χ1) is 18.0. The van der Waals surface area contributed by atoms with Crippen LogP contribution in [0.1, 0.15) is 54.4 Å². The van der Waals surface area contributed by atoms with Gasteiger partial charge in [0.05, 0.1) is 12.2 Å². The number of nitrogens with zero attached hydrogens (tertiary/aromatic N) is 3. The Labute approximate surface area is 218 Å². The predicted molar refractivity (Wildman–Crippen MR) is 140 cm³/mol. The van der Waals surface area contributed by atoms with Gasteiger partial charge < -0.3 is 24.2 Å². The van der Waals surface area contributed by atoms with Crippen molar-refractivity contribution in [1.82, 2.24) is 9.80 Å². The molecule has 5 rings (SSSR count). The smallest absolute Gasteiger partial charge is 0.264 e. The Morgan fingerprint density at radius 1 is 0.892 bits per heavy atom. The zero-order valence-electron chi connectivity index (χ0n) is 21.5. The highest BCUT2D eigenvalue weighted by Gasteiger charge is 2.28. The molecule has 2 aromatic carbocycles. The molecule has 3 aliphatic rings. The Morgan fingerprint density at radius 3 is 2.68 bits per heavy atom. The third-order valence-corrected chi connectivity index (χ3v) is 7.64. The second-order valence-corrected chi connectivity index (χ2v) is 10.1. The lowest BCUT2D eigenvalue weighted by Gasteiger charge is -2.36. The van der Waals surface area contributed by atoms with E-state index in [1.54, 1.807) is 30.1 Å². The largest absolute Gasteiger partial charge is 0.492 e. The number of hydrogen-bond acceptors (Lipinski definition) is 5. The summed E-state index contributed by atoms with van der Waals surface area (Å²) in [6.45, 7) is 2.01. The fraction of sp³-hybridized carbons (Fsp3) is 0.483. The highest BCUT2D eigenvalue weighted by molar-refractivity contribution is 6.01. The Morgan fingerprint density at radius 2 is 1.78 bits per heavy atom. The average Bonchev–Trinajstić information content (AvgIpc) is 2.93. The number of aryl methyl sites for hydroxylation is 1. The highest BCUT2D eigenvalue weighted by Crippen LogP contribution is 2.32. The summed E-state index contributed by atoms with van der Waals surface area (Å²) in [6.07, 6.45) is 6.14. The molecule has 1 atom stereocenters. The van der Waals surface area contributed by atoms with E-state index >= 15 is 0 Å². The van der Waals surface area contributed by atoms with Crippen LogP contribution in [0, 0.1) is 0 Å². The minimum atomic E-state index is -0.156. The van der Waals surface area contributed by atoms with Crippen LogP contribution >= 0.6 is 0 Å². The molecule has 1 saturated heterocycles. The number of rotatable bonds is 1. The van der Waals surface area contributed by atoms with Crippen molar-refractivity contribution in [3.05, 3.63) is 53.6 Å². The van der Waals surface area contributed by atoms with Crippen LogP contribution in [-0.4, -0.2) is 73.5 Å². The van der Waals surface area contributed by atoms with Gasteiger partial charge in [-0.3, -0.25) is 14.4 Å². The van der Waals surface area contributed by atoms with E-state index in [0.29, 0.717) is 49.5 Å². The van der Waals surface area contributed by atoms with Gasteiger partial charge in [-0.25, -0.2) is 0 Å². The number of hydrogen-bond donors (Lipinski definition) is 0. The molecule has 8 heteroatoms. The minimum Gasteiger partial charge on any atom is -0.492 e. The van der Waals surface area contributed by atoms with Crippen LogP contribution < -0.4 is 14.4 Å². The van der Waals surface area contributed by atoms with Gasteiger partial charge in [0.1, 0.15) is 18.1 Å². The molecule has 2 bridgehead atoms. The van der Waals surface area contributed by atoms with Crippen molar-refractivity contribution < 1.29 is 23.9 Å². The number of benzene rings is 2. The molecule has 0 aromatic heterocycles. The minimum absolute atomic E-state index is 0.00659. The van der Waals surface area contributed by atoms with Gasteiger partial charge in [0.2, 0.25) is 5.91 Å². The van der Waals surface area contributed by atoms with Gasteiger partial charge in [-0.15, -0.1) is 0 Å². The maximum atomic E-state index is 13.6. The number of amides is 3. The maximum Gasteiger partial charge on any atom is 0.264 e. The molecule has 2 aromatic rings. The number of carbonyl (C=O) groups is 3. The number of likely N-dealkylation sites (N-methyl/N-ethyl adjacent to an activating group) is 1. The molecule has 1 unspecified atom stereocenters. The standard InChI is InChI=1S/C29H35N3O5/c1-30-25-19-22(11-13-26(25)37-20-28(30)34)29(35)31-14-5-9-27(33)32-15-3-2-7-23(32)12-10-21-6-4-8-24(18-21)36-17-16-31/h4,6,8,11,13,18-19,23H,2-3,5,7,9-10,12,14-17,20H2,1H3. The van der Waals surface area contributed by atoms with Crippen molar-refractivity contribution in [2.75, 3.05) is 44.8 Å². The maximum absolute atomic E-state index is 13.6. The zero-order valence-corrected chi connectivity index (χ0v) is 21.5. The molecule has 1 fully saturated rings. The van der Waals surface area contributed by atoms with Crippen molar-refractivity contribution in [3.63, 3.8) is 0 Å². The van der Waals surface area contributed by atoms with Crippen LogP contribution in [0.2, 0.25) is 0 Å². The van der Waals surface area contributed by atoms with Gasteiger partial charge in [-0.2, -0.15) is 0 Å². The summed E-state index contributed by atoms with van der Waals surface area (Å²) in [7, 11) is 1.68. The molecule has 8 nitrogen and oxygen atoms in total. The molecular weight excluding hydrogens is 470 g/mol. The second kappa shape index (κ2) is 11.2. The fourth-order valence-electron chi connectivity index (χ4n) is 5.49. The number of ether oxygens (including phenoxy) is 2. The van der Waals surface area contributed by atoms with E-state index in [2.05, 4.69) is 17.0 Å². The highest BCUT2D eigenvalue weighted by atomic mass is 16.5. The van der Waals surface area contributed by atoms with E-state index in [-0.39, 0.29) is 30.4 Å². The fourth-order valence-corrected chi connectivity index (χ4v) is 5.49. The van der Waals surface area contributed by atoms with Crippen molar-refractivity contribution in [3.8, 4) is 11.5 Å². The van der Waals surface area contributed by atoms with Crippen LogP contribution in [0.4, 0.5) is 5.69 Å². The molecule has 3 amide bonds. The van der Waals surface area contributed by atoms with Crippen LogP contribution in [-0.2, 0) is 16.0 Å². The Kier molecular flexibility index (Phi) is 7.63. The van der Waals surface area contributed by atoms with Crippen molar-refractivity contribution >= 4 is 23.4 Å². The SMILES string of the molecule is CN1C(=O)COc2ccc(C(=O)N3CCCC(=O)N4CCCCC4CCc4cccc(c4)OCC3)cc21. The normalized spacial score (nSPS) is 21.1. The molecule has 196 valence electrons. The topological polar surface area (TPSA) is 79.4 Å². The molecule has 3 aliphatic heterocycles. The van der Waals surface area contributed by atoms with Crippen LogP contribution in [0.3, 0.4) is 0 Å². The second-order valence-electron chi connectivity index (χ2n) is 10.1. The average molecular weight is 506 g/mol. The third kappa shape index (κ3) is 5.73. The first-order valence-corrected chi connectivity index (χ1v) is 13.3. The quantitative estimate of drug-likeness (QED) is 0.591. The molecule has 0 N–H and O–H groups in total. The lowest BCUT2D eigenvalue weighted by atomic mass is 9.95. The molecule has 0 spiro atoms. The Hall–Kier alpha value is -3.55. The summed E-state index contributed by atoms with van der Waals surface area (Å²) in [5.74, 6) is 1.25. The van der Waals surface area contributed by atoms with Gasteiger partial charge in [0.15, 0.2) is 6.61 Å². The first-order valence-electron chi connectivity index (χ1n) is 13.3. The van der Waals surface area contributed by atoms with E-state index in [1.165, 1.54) is 10.5 Å². The van der Waals surface area contributed by atoms with Crippen molar-refractivity contribution in [2.45, 2.75) is 51.0 Å². The third-order valence-electron chi connectivity index (χ3n) is 7.64. The number of carbonyl (C=O) groups excluding carboxylic acids is 3. The van der Waals surface area contributed by atoms with Crippen molar-refractivity contribution in [1.29, 1.82) is 0 Å². The lowest BCUT2D eigenvalue weighted by molar-refractivity contribution is -0.135. The predicted octanol–water partition coefficient (Wildman–Crippen LogP) is 3.67. The molecule has 0 radical (unpaired) electrons. The van der Waals surface area contributed by atoms with Gasteiger partial charge in [0, 0.05) is 38.2 Å². The van der Waals surface area contributed by atoms with Gasteiger partial charge in [-0.1, -0.05) is 12.1 Å². The van der Waals surface area contributed by atoms with E-state index in [4.69, 9.17) is 9.47 Å². The van der Waals surface area contributed by atoms with Crippen LogP contribution in [0.5, 0.6) is 11.5 Å². The molecule has 3 heterocycles. The summed E-state index contributed by atoms with van der Waals surface area (Å²) in [6, 6.07) is 13.6. The summed E-state index contributed by atoms with van der Waals surface area (Å²) in [4.78, 5) is 44.2. The first kappa shape index (κ1) is 25.1. The Balaban J connectivity index is 1.36. The summed E-state index contributed by atoms with van der Waals surface area (Å²) < 4.78 is 11.6. The van der Waals surface area contributed by atoms with E-state index in [0.717, 1.165) is 44.4 Å². The van der Waals surface area contributed by atoms with E-state index in [9.17, 15) is 14.4 Å². The number of piperidine rings is 1. The number of anilines is 1. The monoisotopic (exact) mass is 505 g/mol. The molecule has 0 aliphatic carbocycles.